The number of aromatic nitrogens is 1. The lowest BCUT2D eigenvalue weighted by molar-refractivity contribution is 0.838. The fraction of sp³-hybridized carbons (Fsp3) is 0.105. The van der Waals surface area contributed by atoms with Crippen LogP contribution in [0.15, 0.2) is 114 Å². The van der Waals surface area contributed by atoms with E-state index in [-0.39, 0.29) is 11.8 Å². The number of hydrogen-bond donors (Lipinski definition) is 1. The predicted octanol–water partition coefficient (Wildman–Crippen LogP) is 10.4. The molecule has 204 valence electrons. The van der Waals surface area contributed by atoms with Crippen molar-refractivity contribution in [1.29, 1.82) is 10.5 Å². The van der Waals surface area contributed by atoms with Gasteiger partial charge in [0, 0.05) is 47.1 Å². The summed E-state index contributed by atoms with van der Waals surface area (Å²) in [5, 5.41) is 24.2. The van der Waals surface area contributed by atoms with Gasteiger partial charge in [-0.05, 0) is 65.9 Å². The van der Waals surface area contributed by atoms with Crippen molar-refractivity contribution < 1.29 is 0 Å². The topological polar surface area (TPSA) is 52.5 Å². The summed E-state index contributed by atoms with van der Waals surface area (Å²) in [6, 6.07) is 33.1. The van der Waals surface area contributed by atoms with Crippen LogP contribution in [0.1, 0.15) is 24.0 Å². The molecular weight excluding hydrogens is 563 g/mol. The van der Waals surface area contributed by atoms with Crippen LogP contribution in [0.3, 0.4) is 0 Å². The molecule has 2 aromatic heterocycles. The highest BCUT2D eigenvalue weighted by Crippen LogP contribution is 2.44. The molecule has 0 spiro atoms. The number of para-hydroxylation sites is 2. The van der Waals surface area contributed by atoms with Gasteiger partial charge in [-0.1, -0.05) is 72.8 Å². The van der Waals surface area contributed by atoms with Gasteiger partial charge in [-0.15, -0.1) is 24.0 Å². The Labute approximate surface area is 259 Å². The third kappa shape index (κ3) is 4.16. The molecule has 0 saturated heterocycles. The van der Waals surface area contributed by atoms with Gasteiger partial charge in [-0.25, -0.2) is 0 Å². The fourth-order valence-corrected chi connectivity index (χ4v) is 8.08. The lowest BCUT2D eigenvalue weighted by Crippen LogP contribution is -2.07. The summed E-state index contributed by atoms with van der Waals surface area (Å²) in [6.07, 6.45) is 11.8. The molecule has 0 aliphatic heterocycles. The summed E-state index contributed by atoms with van der Waals surface area (Å²) in [5.41, 5.74) is 7.86. The van der Waals surface area contributed by atoms with Crippen LogP contribution < -0.4 is 0 Å². The van der Waals surface area contributed by atoms with Crippen molar-refractivity contribution in [3.05, 3.63) is 120 Å². The van der Waals surface area contributed by atoms with Crippen LogP contribution in [0.5, 0.6) is 0 Å². The first-order valence-corrected chi connectivity index (χ1v) is 15.7. The molecule has 5 heteroatoms. The monoisotopic (exact) mass is 587 g/mol. The normalized spacial score (nSPS) is 18.4. The van der Waals surface area contributed by atoms with Crippen LogP contribution in [-0.2, 0) is 0 Å². The minimum absolute atomic E-state index is 0.105. The average molecular weight is 588 g/mol. The highest BCUT2D eigenvalue weighted by molar-refractivity contribution is 7.80. The first-order valence-electron chi connectivity index (χ1n) is 14.4. The van der Waals surface area contributed by atoms with E-state index < -0.39 is 0 Å². The van der Waals surface area contributed by atoms with Gasteiger partial charge in [0.25, 0.3) is 0 Å². The standard InChI is InChI=1S/C38H25N3S2/c39-21-23-6-5-7-25(16-23)30-20-38-32(19-36(30)42)31-18-26(13-15-37(31)43-38)29-17-24(22-40)12-14-35(29)41-33-10-3-1-8-27(33)28-9-2-4-11-34(28)41/h1-11,13-15,17-20,23-24,42H,12,16H2. The van der Waals surface area contributed by atoms with Crippen LogP contribution in [-0.4, -0.2) is 4.57 Å². The number of thiophene rings is 1. The first-order chi connectivity index (χ1) is 21.1. The molecule has 2 atom stereocenters. The molecule has 0 amide bonds. The minimum Gasteiger partial charge on any atom is -0.309 e. The second kappa shape index (κ2) is 10.2. The Bertz CT molecular complexity index is 2290. The first kappa shape index (κ1) is 25.9. The Kier molecular flexibility index (Phi) is 6.12. The molecule has 0 N–H and O–H groups in total. The summed E-state index contributed by atoms with van der Waals surface area (Å²) >= 11 is 6.70. The van der Waals surface area contributed by atoms with Gasteiger partial charge in [0.05, 0.1) is 35.0 Å². The zero-order valence-electron chi connectivity index (χ0n) is 23.2. The van der Waals surface area contributed by atoms with Gasteiger partial charge in [-0.3, -0.25) is 0 Å². The van der Waals surface area contributed by atoms with Crippen molar-refractivity contribution >= 4 is 82.8 Å². The quantitative estimate of drug-likeness (QED) is 0.209. The van der Waals surface area contributed by atoms with Crippen LogP contribution in [0, 0.1) is 34.5 Å². The van der Waals surface area contributed by atoms with Crippen molar-refractivity contribution in [3.8, 4) is 12.1 Å². The van der Waals surface area contributed by atoms with Gasteiger partial charge in [0.1, 0.15) is 0 Å². The molecule has 0 saturated carbocycles. The number of nitriles is 2. The van der Waals surface area contributed by atoms with E-state index in [0.29, 0.717) is 12.8 Å². The maximum absolute atomic E-state index is 9.93. The van der Waals surface area contributed by atoms with Gasteiger partial charge < -0.3 is 4.57 Å². The molecule has 0 bridgehead atoms. The number of nitrogens with zero attached hydrogens (tertiary/aromatic N) is 3. The molecular formula is C38H25N3S2. The van der Waals surface area contributed by atoms with E-state index in [1.165, 1.54) is 30.9 Å². The highest BCUT2D eigenvalue weighted by atomic mass is 32.1. The van der Waals surface area contributed by atoms with Crippen molar-refractivity contribution in [2.24, 2.45) is 11.8 Å². The van der Waals surface area contributed by atoms with Crippen LogP contribution in [0.2, 0.25) is 0 Å². The highest BCUT2D eigenvalue weighted by Gasteiger charge is 2.23. The van der Waals surface area contributed by atoms with Crippen molar-refractivity contribution in [2.75, 3.05) is 0 Å². The molecule has 8 rings (SSSR count). The van der Waals surface area contributed by atoms with Crippen molar-refractivity contribution in [3.63, 3.8) is 0 Å². The zero-order chi connectivity index (χ0) is 29.1. The maximum Gasteiger partial charge on any atom is 0.0701 e. The number of thiol groups is 1. The Balaban J connectivity index is 1.29. The van der Waals surface area contributed by atoms with Gasteiger partial charge >= 0.3 is 0 Å². The number of rotatable bonds is 3. The summed E-state index contributed by atoms with van der Waals surface area (Å²) < 4.78 is 4.78. The van der Waals surface area contributed by atoms with Crippen LogP contribution >= 0.6 is 24.0 Å². The number of benzene rings is 4. The maximum atomic E-state index is 9.93. The van der Waals surface area contributed by atoms with E-state index in [2.05, 4.69) is 114 Å². The summed E-state index contributed by atoms with van der Waals surface area (Å²) in [4.78, 5) is 0.920. The zero-order valence-corrected chi connectivity index (χ0v) is 24.9. The second-order valence-corrected chi connectivity index (χ2v) is 12.8. The van der Waals surface area contributed by atoms with Crippen molar-refractivity contribution in [1.82, 2.24) is 4.57 Å². The SMILES string of the molecule is N#CC1C=C(c2ccc3sc4cc(C5=CC=CC(C#N)C5)c(S)cc4c3c2)C(n2c3ccccc3c3ccccc32)=CC1. The van der Waals surface area contributed by atoms with E-state index in [0.717, 1.165) is 43.9 Å². The van der Waals surface area contributed by atoms with E-state index in [4.69, 9.17) is 12.6 Å². The van der Waals surface area contributed by atoms with Gasteiger partial charge in [0.15, 0.2) is 0 Å². The third-order valence-corrected chi connectivity index (χ3v) is 10.2. The lowest BCUT2D eigenvalue weighted by atomic mass is 9.89. The lowest BCUT2D eigenvalue weighted by Gasteiger charge is -2.22. The second-order valence-electron chi connectivity index (χ2n) is 11.2. The van der Waals surface area contributed by atoms with Gasteiger partial charge in [-0.2, -0.15) is 10.5 Å². The summed E-state index contributed by atoms with van der Waals surface area (Å²) in [7, 11) is 0. The van der Waals surface area contributed by atoms with E-state index in [1.807, 2.05) is 12.2 Å². The number of hydrogen-bond acceptors (Lipinski definition) is 4. The Morgan fingerprint density at radius 2 is 1.51 bits per heavy atom. The largest absolute Gasteiger partial charge is 0.309 e. The molecule has 0 fully saturated rings. The van der Waals surface area contributed by atoms with E-state index in [1.54, 1.807) is 11.3 Å². The van der Waals surface area contributed by atoms with Gasteiger partial charge in [0.2, 0.25) is 0 Å². The van der Waals surface area contributed by atoms with Crippen LogP contribution in [0.4, 0.5) is 0 Å². The smallest absolute Gasteiger partial charge is 0.0701 e. The Morgan fingerprint density at radius 1 is 0.791 bits per heavy atom. The number of allylic oxidation sites excluding steroid dienone is 8. The summed E-state index contributed by atoms with van der Waals surface area (Å²) in [5.74, 6) is -0.283. The molecule has 4 aromatic carbocycles. The third-order valence-electron chi connectivity index (χ3n) is 8.69. The van der Waals surface area contributed by atoms with Crippen molar-refractivity contribution in [2.45, 2.75) is 17.7 Å². The molecule has 0 radical (unpaired) electrons. The molecule has 2 aliphatic carbocycles. The minimum atomic E-state index is -0.177. The number of fused-ring (bicyclic) bond motifs is 6. The molecule has 3 nitrogen and oxygen atoms in total. The molecule has 6 aromatic rings. The molecule has 2 unspecified atom stereocenters. The van der Waals surface area contributed by atoms with E-state index >= 15 is 0 Å². The molecule has 2 heterocycles. The Morgan fingerprint density at radius 3 is 2.26 bits per heavy atom. The molecule has 2 aliphatic rings. The van der Waals surface area contributed by atoms with E-state index in [9.17, 15) is 10.5 Å². The Hall–Kier alpha value is -4.81. The van der Waals surface area contributed by atoms with Crippen LogP contribution in [0.25, 0.3) is 58.8 Å². The molecule has 43 heavy (non-hydrogen) atoms. The average Bonchev–Trinajstić information content (AvgIpc) is 3.58. The fourth-order valence-electron chi connectivity index (χ4n) is 6.63. The predicted molar refractivity (Wildman–Crippen MR) is 183 cm³/mol. The summed E-state index contributed by atoms with van der Waals surface area (Å²) in [6.45, 7) is 0.